The van der Waals surface area contributed by atoms with Crippen LogP contribution in [0.25, 0.3) is 10.9 Å². The molecule has 3 heteroatoms. The highest BCUT2D eigenvalue weighted by molar-refractivity contribution is 5.82. The third kappa shape index (κ3) is 2.60. The first-order chi connectivity index (χ1) is 9.22. The zero-order chi connectivity index (χ0) is 13.2. The molecule has 1 aromatic heterocycles. The Labute approximate surface area is 113 Å². The van der Waals surface area contributed by atoms with Gasteiger partial charge in [0, 0.05) is 18.5 Å². The molecule has 2 heterocycles. The highest BCUT2D eigenvalue weighted by Crippen LogP contribution is 2.16. The zero-order valence-corrected chi connectivity index (χ0v) is 11.2. The van der Waals surface area contributed by atoms with Crippen molar-refractivity contribution in [2.75, 3.05) is 13.1 Å². The lowest BCUT2D eigenvalue weighted by molar-refractivity contribution is -0.129. The number of likely N-dealkylation sites (tertiary alicyclic amines) is 1. The molecule has 1 aliphatic heterocycles. The number of carbonyl (C=O) groups excluding carboxylic acids is 1. The minimum Gasteiger partial charge on any atom is -0.342 e. The van der Waals surface area contributed by atoms with E-state index in [0.717, 1.165) is 42.5 Å². The van der Waals surface area contributed by atoms with Gasteiger partial charge in [-0.15, -0.1) is 0 Å². The average Bonchev–Trinajstić information content (AvgIpc) is 2.93. The second kappa shape index (κ2) is 5.00. The SMILES string of the molecule is Cc1ccc2nc(CC(=O)N3CCCC3)ccc2c1. The maximum Gasteiger partial charge on any atom is 0.228 e. The number of amides is 1. The van der Waals surface area contributed by atoms with Crippen LogP contribution in [-0.4, -0.2) is 28.9 Å². The molecule has 1 aliphatic rings. The third-order valence-corrected chi connectivity index (χ3v) is 3.69. The third-order valence-electron chi connectivity index (χ3n) is 3.69. The summed E-state index contributed by atoms with van der Waals surface area (Å²) in [4.78, 5) is 18.6. The summed E-state index contributed by atoms with van der Waals surface area (Å²) < 4.78 is 0. The van der Waals surface area contributed by atoms with Crippen LogP contribution in [-0.2, 0) is 11.2 Å². The monoisotopic (exact) mass is 254 g/mol. The normalized spacial score (nSPS) is 15.1. The molecule has 2 aromatic rings. The van der Waals surface area contributed by atoms with E-state index in [2.05, 4.69) is 30.1 Å². The minimum absolute atomic E-state index is 0.205. The predicted octanol–water partition coefficient (Wildman–Crippen LogP) is 2.71. The summed E-state index contributed by atoms with van der Waals surface area (Å²) in [6.45, 7) is 3.89. The van der Waals surface area contributed by atoms with Crippen molar-refractivity contribution in [3.8, 4) is 0 Å². The highest BCUT2D eigenvalue weighted by Gasteiger charge is 2.18. The van der Waals surface area contributed by atoms with Crippen molar-refractivity contribution < 1.29 is 4.79 Å². The van der Waals surface area contributed by atoms with E-state index in [4.69, 9.17) is 0 Å². The smallest absolute Gasteiger partial charge is 0.228 e. The fraction of sp³-hybridized carbons (Fsp3) is 0.375. The minimum atomic E-state index is 0.205. The van der Waals surface area contributed by atoms with Gasteiger partial charge in [0.05, 0.1) is 17.6 Å². The standard InChI is InChI=1S/C16H18N2O/c1-12-4-7-15-13(10-12)5-6-14(17-15)11-16(19)18-8-2-3-9-18/h4-7,10H,2-3,8-9,11H2,1H3. The maximum absolute atomic E-state index is 12.1. The summed E-state index contributed by atoms with van der Waals surface area (Å²) in [5.74, 6) is 0.205. The number of hydrogen-bond donors (Lipinski definition) is 0. The van der Waals surface area contributed by atoms with E-state index >= 15 is 0 Å². The lowest BCUT2D eigenvalue weighted by atomic mass is 10.1. The van der Waals surface area contributed by atoms with Crippen LogP contribution < -0.4 is 0 Å². The van der Waals surface area contributed by atoms with Crippen LogP contribution in [0.15, 0.2) is 30.3 Å². The molecule has 0 aliphatic carbocycles. The molecule has 0 saturated carbocycles. The van der Waals surface area contributed by atoms with Crippen LogP contribution in [0.2, 0.25) is 0 Å². The topological polar surface area (TPSA) is 33.2 Å². The second-order valence-electron chi connectivity index (χ2n) is 5.26. The van der Waals surface area contributed by atoms with E-state index in [0.29, 0.717) is 6.42 Å². The number of benzene rings is 1. The van der Waals surface area contributed by atoms with E-state index in [1.54, 1.807) is 0 Å². The van der Waals surface area contributed by atoms with E-state index < -0.39 is 0 Å². The summed E-state index contributed by atoms with van der Waals surface area (Å²) in [6, 6.07) is 10.2. The van der Waals surface area contributed by atoms with Gasteiger partial charge in [0.25, 0.3) is 0 Å². The van der Waals surface area contributed by atoms with Gasteiger partial charge in [0.15, 0.2) is 0 Å². The molecular formula is C16H18N2O. The van der Waals surface area contributed by atoms with Crippen molar-refractivity contribution >= 4 is 16.8 Å². The van der Waals surface area contributed by atoms with E-state index in [1.807, 2.05) is 17.0 Å². The summed E-state index contributed by atoms with van der Waals surface area (Å²) in [5.41, 5.74) is 3.07. The molecule has 3 rings (SSSR count). The van der Waals surface area contributed by atoms with Crippen LogP contribution in [0.3, 0.4) is 0 Å². The number of carbonyl (C=O) groups is 1. The van der Waals surface area contributed by atoms with Gasteiger partial charge >= 0.3 is 0 Å². The van der Waals surface area contributed by atoms with Crippen molar-refractivity contribution in [2.24, 2.45) is 0 Å². The van der Waals surface area contributed by atoms with Crippen LogP contribution >= 0.6 is 0 Å². The van der Waals surface area contributed by atoms with Gasteiger partial charge < -0.3 is 4.90 Å². The number of pyridine rings is 1. The number of nitrogens with zero attached hydrogens (tertiary/aromatic N) is 2. The number of fused-ring (bicyclic) bond motifs is 1. The molecular weight excluding hydrogens is 236 g/mol. The Morgan fingerprint density at radius 2 is 2.00 bits per heavy atom. The maximum atomic E-state index is 12.1. The van der Waals surface area contributed by atoms with Crippen LogP contribution in [0.4, 0.5) is 0 Å². The Kier molecular flexibility index (Phi) is 3.20. The fourth-order valence-electron chi connectivity index (χ4n) is 2.62. The van der Waals surface area contributed by atoms with Gasteiger partial charge in [-0.2, -0.15) is 0 Å². The molecule has 0 spiro atoms. The molecule has 1 aromatic carbocycles. The lowest BCUT2D eigenvalue weighted by Gasteiger charge is -2.14. The quantitative estimate of drug-likeness (QED) is 0.825. The first kappa shape index (κ1) is 12.2. The van der Waals surface area contributed by atoms with Crippen molar-refractivity contribution in [3.05, 3.63) is 41.6 Å². The van der Waals surface area contributed by atoms with E-state index in [9.17, 15) is 4.79 Å². The molecule has 0 N–H and O–H groups in total. The van der Waals surface area contributed by atoms with Crippen LogP contribution in [0.5, 0.6) is 0 Å². The molecule has 1 fully saturated rings. The number of aromatic nitrogens is 1. The molecule has 19 heavy (non-hydrogen) atoms. The van der Waals surface area contributed by atoms with Crippen molar-refractivity contribution in [1.82, 2.24) is 9.88 Å². The highest BCUT2D eigenvalue weighted by atomic mass is 16.2. The fourth-order valence-corrected chi connectivity index (χ4v) is 2.62. The Bertz CT molecular complexity index is 615. The first-order valence-electron chi connectivity index (χ1n) is 6.86. The number of rotatable bonds is 2. The van der Waals surface area contributed by atoms with Crippen molar-refractivity contribution in [2.45, 2.75) is 26.2 Å². The molecule has 0 unspecified atom stereocenters. The van der Waals surface area contributed by atoms with Crippen LogP contribution in [0, 0.1) is 6.92 Å². The Morgan fingerprint density at radius 3 is 2.79 bits per heavy atom. The summed E-state index contributed by atoms with van der Waals surface area (Å²) in [5, 5.41) is 1.14. The number of aryl methyl sites for hydroxylation is 1. The van der Waals surface area contributed by atoms with Gasteiger partial charge in [-0.3, -0.25) is 9.78 Å². The molecule has 1 amide bonds. The molecule has 3 nitrogen and oxygen atoms in total. The summed E-state index contributed by atoms with van der Waals surface area (Å²) in [7, 11) is 0. The Morgan fingerprint density at radius 1 is 1.21 bits per heavy atom. The molecule has 0 radical (unpaired) electrons. The van der Waals surface area contributed by atoms with Gasteiger partial charge in [-0.1, -0.05) is 17.7 Å². The summed E-state index contributed by atoms with van der Waals surface area (Å²) in [6.07, 6.45) is 2.69. The predicted molar refractivity (Wildman–Crippen MR) is 76.0 cm³/mol. The average molecular weight is 254 g/mol. The van der Waals surface area contributed by atoms with Crippen molar-refractivity contribution in [3.63, 3.8) is 0 Å². The zero-order valence-electron chi connectivity index (χ0n) is 11.2. The summed E-state index contributed by atoms with van der Waals surface area (Å²) >= 11 is 0. The lowest BCUT2D eigenvalue weighted by Crippen LogP contribution is -2.29. The Balaban J connectivity index is 1.81. The van der Waals surface area contributed by atoms with E-state index in [-0.39, 0.29) is 5.91 Å². The van der Waals surface area contributed by atoms with Gasteiger partial charge in [-0.05, 0) is 38.0 Å². The Hall–Kier alpha value is -1.90. The van der Waals surface area contributed by atoms with E-state index in [1.165, 1.54) is 5.56 Å². The molecule has 0 atom stereocenters. The first-order valence-corrected chi connectivity index (χ1v) is 6.86. The van der Waals surface area contributed by atoms with Gasteiger partial charge in [0.2, 0.25) is 5.91 Å². The van der Waals surface area contributed by atoms with Gasteiger partial charge in [0.1, 0.15) is 0 Å². The largest absolute Gasteiger partial charge is 0.342 e. The van der Waals surface area contributed by atoms with Crippen molar-refractivity contribution in [1.29, 1.82) is 0 Å². The number of hydrogen-bond acceptors (Lipinski definition) is 2. The second-order valence-corrected chi connectivity index (χ2v) is 5.26. The molecule has 0 bridgehead atoms. The van der Waals surface area contributed by atoms with Gasteiger partial charge in [-0.25, -0.2) is 0 Å². The molecule has 98 valence electrons. The van der Waals surface area contributed by atoms with Crippen LogP contribution in [0.1, 0.15) is 24.1 Å². The molecule has 1 saturated heterocycles.